The van der Waals surface area contributed by atoms with Crippen LogP contribution >= 0.6 is 0 Å². The molecule has 0 fully saturated rings. The summed E-state index contributed by atoms with van der Waals surface area (Å²) < 4.78 is 10.8. The molecule has 0 bridgehead atoms. The highest BCUT2D eigenvalue weighted by atomic mass is 16.5. The molecule has 0 saturated heterocycles. The average Bonchev–Trinajstić information content (AvgIpc) is 2.68. The van der Waals surface area contributed by atoms with Gasteiger partial charge in [-0.1, -0.05) is 20.8 Å². The molecule has 0 spiro atoms. The minimum atomic E-state index is 0.178. The summed E-state index contributed by atoms with van der Waals surface area (Å²) >= 11 is 0. The molecule has 0 aliphatic carbocycles. The van der Waals surface area contributed by atoms with Gasteiger partial charge in [-0.05, 0) is 31.0 Å². The maximum absolute atomic E-state index is 5.78. The van der Waals surface area contributed by atoms with E-state index in [0.29, 0.717) is 6.61 Å². The van der Waals surface area contributed by atoms with Crippen LogP contribution in [0, 0.1) is 5.41 Å². The van der Waals surface area contributed by atoms with Crippen molar-refractivity contribution in [2.24, 2.45) is 5.41 Å². The van der Waals surface area contributed by atoms with Gasteiger partial charge in [0.15, 0.2) is 0 Å². The topological polar surface area (TPSA) is 34.4 Å². The molecule has 0 aromatic carbocycles. The molecule has 0 radical (unpaired) electrons. The lowest BCUT2D eigenvalue weighted by molar-refractivity contribution is 0.154. The SMILES string of the molecule is CCC(C)(C)C(NC)c1ccc(COC)o1. The summed E-state index contributed by atoms with van der Waals surface area (Å²) in [5, 5.41) is 3.33. The van der Waals surface area contributed by atoms with Crippen molar-refractivity contribution in [3.05, 3.63) is 23.7 Å². The first kappa shape index (κ1) is 13.3. The van der Waals surface area contributed by atoms with Gasteiger partial charge in [0.1, 0.15) is 18.1 Å². The molecule has 0 saturated carbocycles. The zero-order valence-electron chi connectivity index (χ0n) is 11.0. The summed E-state index contributed by atoms with van der Waals surface area (Å²) in [6.07, 6.45) is 1.10. The van der Waals surface area contributed by atoms with E-state index < -0.39 is 0 Å². The number of methoxy groups -OCH3 is 1. The predicted molar refractivity (Wildman–Crippen MR) is 65.3 cm³/mol. The highest BCUT2D eigenvalue weighted by molar-refractivity contribution is 5.12. The Morgan fingerprint density at radius 3 is 2.62 bits per heavy atom. The number of rotatable bonds is 6. The molecule has 0 amide bonds. The van der Waals surface area contributed by atoms with Crippen molar-refractivity contribution in [1.82, 2.24) is 5.32 Å². The molecule has 1 heterocycles. The second-order valence-corrected chi connectivity index (χ2v) is 4.80. The Bertz CT molecular complexity index is 317. The molecule has 3 nitrogen and oxygen atoms in total. The first-order chi connectivity index (χ1) is 7.55. The zero-order chi connectivity index (χ0) is 12.2. The largest absolute Gasteiger partial charge is 0.462 e. The third-order valence-electron chi connectivity index (χ3n) is 3.23. The molecule has 16 heavy (non-hydrogen) atoms. The summed E-state index contributed by atoms with van der Waals surface area (Å²) in [5.74, 6) is 1.87. The molecular formula is C13H23NO2. The molecule has 1 atom stereocenters. The van der Waals surface area contributed by atoms with Crippen molar-refractivity contribution in [1.29, 1.82) is 0 Å². The molecule has 0 aliphatic heterocycles. The first-order valence-electron chi connectivity index (χ1n) is 5.80. The minimum absolute atomic E-state index is 0.178. The van der Waals surface area contributed by atoms with E-state index in [2.05, 4.69) is 26.1 Å². The highest BCUT2D eigenvalue weighted by Gasteiger charge is 2.30. The lowest BCUT2D eigenvalue weighted by atomic mass is 9.81. The van der Waals surface area contributed by atoms with E-state index in [-0.39, 0.29) is 11.5 Å². The maximum atomic E-state index is 5.78. The van der Waals surface area contributed by atoms with Crippen LogP contribution in [0.5, 0.6) is 0 Å². The molecule has 1 aromatic rings. The Hall–Kier alpha value is -0.800. The number of hydrogen-bond donors (Lipinski definition) is 1. The number of hydrogen-bond acceptors (Lipinski definition) is 3. The minimum Gasteiger partial charge on any atom is -0.462 e. The molecule has 1 N–H and O–H groups in total. The molecule has 1 rings (SSSR count). The van der Waals surface area contributed by atoms with E-state index >= 15 is 0 Å². The van der Waals surface area contributed by atoms with Crippen molar-refractivity contribution >= 4 is 0 Å². The van der Waals surface area contributed by atoms with E-state index in [1.807, 2.05) is 19.2 Å². The monoisotopic (exact) mass is 225 g/mol. The van der Waals surface area contributed by atoms with Gasteiger partial charge in [0.25, 0.3) is 0 Å². The summed E-state index contributed by atoms with van der Waals surface area (Å²) in [5.41, 5.74) is 0.178. The highest BCUT2D eigenvalue weighted by Crippen LogP contribution is 2.36. The Labute approximate surface area is 98.2 Å². The summed E-state index contributed by atoms with van der Waals surface area (Å²) in [6.45, 7) is 7.21. The molecule has 0 aliphatic rings. The van der Waals surface area contributed by atoms with Gasteiger partial charge in [0.05, 0.1) is 6.04 Å². The fraction of sp³-hybridized carbons (Fsp3) is 0.692. The second kappa shape index (κ2) is 5.51. The van der Waals surface area contributed by atoms with Gasteiger partial charge in [-0.2, -0.15) is 0 Å². The molecule has 1 aromatic heterocycles. The fourth-order valence-electron chi connectivity index (χ4n) is 1.89. The van der Waals surface area contributed by atoms with Crippen LogP contribution in [0.3, 0.4) is 0 Å². The number of nitrogens with one attached hydrogen (secondary N) is 1. The van der Waals surface area contributed by atoms with E-state index in [1.54, 1.807) is 7.11 Å². The molecule has 3 heteroatoms. The van der Waals surface area contributed by atoms with Crippen LogP contribution in [-0.4, -0.2) is 14.2 Å². The lowest BCUT2D eigenvalue weighted by Gasteiger charge is -2.31. The van der Waals surface area contributed by atoms with Crippen molar-refractivity contribution in [2.75, 3.05) is 14.2 Å². The Morgan fingerprint density at radius 1 is 1.44 bits per heavy atom. The smallest absolute Gasteiger partial charge is 0.129 e. The summed E-state index contributed by atoms with van der Waals surface area (Å²) in [7, 11) is 3.65. The van der Waals surface area contributed by atoms with Gasteiger partial charge in [0.2, 0.25) is 0 Å². The normalized spacial score (nSPS) is 14.1. The third-order valence-corrected chi connectivity index (χ3v) is 3.23. The van der Waals surface area contributed by atoms with Gasteiger partial charge >= 0.3 is 0 Å². The van der Waals surface area contributed by atoms with Crippen LogP contribution in [-0.2, 0) is 11.3 Å². The van der Waals surface area contributed by atoms with Crippen LogP contribution in [0.2, 0.25) is 0 Å². The van der Waals surface area contributed by atoms with Crippen LogP contribution < -0.4 is 5.32 Å². The van der Waals surface area contributed by atoms with E-state index in [9.17, 15) is 0 Å². The zero-order valence-corrected chi connectivity index (χ0v) is 11.0. The Kier molecular flexibility index (Phi) is 4.56. The van der Waals surface area contributed by atoms with Crippen molar-refractivity contribution in [3.8, 4) is 0 Å². The molecule has 92 valence electrons. The van der Waals surface area contributed by atoms with Crippen LogP contribution in [0.25, 0.3) is 0 Å². The molecule has 1 unspecified atom stereocenters. The van der Waals surface area contributed by atoms with Gasteiger partial charge in [-0.15, -0.1) is 0 Å². The van der Waals surface area contributed by atoms with Gasteiger partial charge in [0, 0.05) is 7.11 Å². The quantitative estimate of drug-likeness (QED) is 0.807. The number of ether oxygens (including phenoxy) is 1. The van der Waals surface area contributed by atoms with E-state index in [1.165, 1.54) is 0 Å². The summed E-state index contributed by atoms with van der Waals surface area (Å²) in [4.78, 5) is 0. The van der Waals surface area contributed by atoms with Gasteiger partial charge < -0.3 is 14.5 Å². The average molecular weight is 225 g/mol. The second-order valence-electron chi connectivity index (χ2n) is 4.80. The van der Waals surface area contributed by atoms with Crippen molar-refractivity contribution < 1.29 is 9.15 Å². The third kappa shape index (κ3) is 2.86. The summed E-state index contributed by atoms with van der Waals surface area (Å²) in [6, 6.07) is 4.25. The van der Waals surface area contributed by atoms with Crippen LogP contribution in [0.4, 0.5) is 0 Å². The Morgan fingerprint density at radius 2 is 2.12 bits per heavy atom. The van der Waals surface area contributed by atoms with Crippen molar-refractivity contribution in [3.63, 3.8) is 0 Å². The van der Waals surface area contributed by atoms with E-state index in [0.717, 1.165) is 17.9 Å². The number of furan rings is 1. The fourth-order valence-corrected chi connectivity index (χ4v) is 1.89. The standard InChI is InChI=1S/C13H23NO2/c1-6-13(2,3)12(14-4)11-8-7-10(16-11)9-15-5/h7-8,12,14H,6,9H2,1-5H3. The van der Waals surface area contributed by atoms with Gasteiger partial charge in [-0.25, -0.2) is 0 Å². The van der Waals surface area contributed by atoms with Gasteiger partial charge in [-0.3, -0.25) is 0 Å². The lowest BCUT2D eigenvalue weighted by Crippen LogP contribution is -2.31. The molecular weight excluding hydrogens is 202 g/mol. The van der Waals surface area contributed by atoms with E-state index in [4.69, 9.17) is 9.15 Å². The van der Waals surface area contributed by atoms with Crippen LogP contribution in [0.15, 0.2) is 16.5 Å². The first-order valence-corrected chi connectivity index (χ1v) is 5.80. The van der Waals surface area contributed by atoms with Crippen LogP contribution in [0.1, 0.15) is 44.8 Å². The van der Waals surface area contributed by atoms with Crippen molar-refractivity contribution in [2.45, 2.75) is 39.8 Å². The maximum Gasteiger partial charge on any atom is 0.129 e. The predicted octanol–water partition coefficient (Wildman–Crippen LogP) is 3.12. The Balaban J connectivity index is 2.86.